The van der Waals surface area contributed by atoms with Gasteiger partial charge in [-0.3, -0.25) is 15.2 Å². The Morgan fingerprint density at radius 2 is 1.52 bits per heavy atom. The van der Waals surface area contributed by atoms with Crippen molar-refractivity contribution in [3.63, 3.8) is 0 Å². The van der Waals surface area contributed by atoms with Crippen LogP contribution in [-0.4, -0.2) is 71.5 Å². The number of aromatic nitrogens is 9. The van der Waals surface area contributed by atoms with Crippen molar-refractivity contribution in [1.82, 2.24) is 50.6 Å². The summed E-state index contributed by atoms with van der Waals surface area (Å²) in [5.41, 5.74) is 24.0. The number of aryl methyl sites for hydroxylation is 1. The number of aromatic amines is 4. The maximum absolute atomic E-state index is 6.37. The fourth-order valence-electron chi connectivity index (χ4n) is 10.7. The van der Waals surface area contributed by atoms with Gasteiger partial charge in [-0.05, 0) is 146 Å². The number of anilines is 2. The Morgan fingerprint density at radius 3 is 2.27 bits per heavy atom. The van der Waals surface area contributed by atoms with E-state index in [0.29, 0.717) is 0 Å². The molecule has 1 aliphatic carbocycles. The first-order valence-electron chi connectivity index (χ1n) is 25.2. The van der Waals surface area contributed by atoms with Gasteiger partial charge >= 0.3 is 0 Å². The fourth-order valence-corrected chi connectivity index (χ4v) is 10.7. The van der Waals surface area contributed by atoms with E-state index in [9.17, 15) is 0 Å². The zero-order chi connectivity index (χ0) is 48.4. The van der Waals surface area contributed by atoms with Crippen LogP contribution in [0.3, 0.4) is 0 Å². The molecule has 0 spiro atoms. The normalized spacial score (nSPS) is 17.0. The first-order chi connectivity index (χ1) is 34.6. The Bertz CT molecular complexity index is 3610. The van der Waals surface area contributed by atoms with Gasteiger partial charge in [0, 0.05) is 107 Å². The van der Waals surface area contributed by atoms with E-state index in [1.165, 1.54) is 36.0 Å². The molecule has 7 aromatic heterocycles. The number of fused-ring (bicyclic) bond motifs is 4. The molecular weight excluding hydrogens is 879 g/mol. The molecule has 7 N–H and O–H groups in total. The number of allylic oxidation sites excluding steroid dienone is 5. The molecule has 0 bridgehead atoms. The summed E-state index contributed by atoms with van der Waals surface area (Å²) in [4.78, 5) is 26.9. The van der Waals surface area contributed by atoms with Gasteiger partial charge < -0.3 is 30.8 Å². The van der Waals surface area contributed by atoms with Gasteiger partial charge in [-0.2, -0.15) is 10.2 Å². The lowest BCUT2D eigenvalue weighted by Gasteiger charge is -2.34. The maximum Gasteiger partial charge on any atom is 0.138 e. The summed E-state index contributed by atoms with van der Waals surface area (Å²) in [7, 11) is 0. The van der Waals surface area contributed by atoms with Crippen LogP contribution in [0.2, 0.25) is 0 Å². The molecule has 13 heteroatoms. The number of pyridine rings is 3. The van der Waals surface area contributed by atoms with Crippen molar-refractivity contribution in [2.45, 2.75) is 78.6 Å². The van der Waals surface area contributed by atoms with Crippen LogP contribution in [0.5, 0.6) is 0 Å². The molecule has 2 saturated heterocycles. The van der Waals surface area contributed by atoms with Gasteiger partial charge in [0.2, 0.25) is 0 Å². The smallest absolute Gasteiger partial charge is 0.138 e. The Balaban J connectivity index is 0.880. The second-order valence-corrected chi connectivity index (χ2v) is 20.9. The Labute approximate surface area is 413 Å². The van der Waals surface area contributed by atoms with E-state index < -0.39 is 0 Å². The summed E-state index contributed by atoms with van der Waals surface area (Å²) < 4.78 is 0. The molecule has 0 amide bonds. The molecule has 3 aliphatic rings. The van der Waals surface area contributed by atoms with Gasteiger partial charge in [0.05, 0.1) is 39.1 Å². The maximum atomic E-state index is 6.37. The highest BCUT2D eigenvalue weighted by molar-refractivity contribution is 6.02. The van der Waals surface area contributed by atoms with Gasteiger partial charge in [-0.1, -0.05) is 39.0 Å². The average Bonchev–Trinajstić information content (AvgIpc) is 3.73. The van der Waals surface area contributed by atoms with Crippen molar-refractivity contribution in [3.8, 4) is 33.9 Å². The van der Waals surface area contributed by atoms with Crippen molar-refractivity contribution in [3.05, 3.63) is 144 Å². The van der Waals surface area contributed by atoms with Crippen LogP contribution in [0, 0.1) is 12.3 Å². The number of nitrogens with zero attached hydrogens (tertiary/aromatic N) is 7. The average molecular weight is 940 g/mol. The van der Waals surface area contributed by atoms with E-state index in [0.717, 1.165) is 164 Å². The summed E-state index contributed by atoms with van der Waals surface area (Å²) in [6.07, 6.45) is 21.7. The number of hydrogen-bond acceptors (Lipinski definition) is 9. The van der Waals surface area contributed by atoms with Gasteiger partial charge in [0.15, 0.2) is 0 Å². The van der Waals surface area contributed by atoms with Gasteiger partial charge in [-0.25, -0.2) is 9.97 Å². The number of benzene rings is 2. The zero-order valence-electron chi connectivity index (χ0n) is 41.1. The highest BCUT2D eigenvalue weighted by Crippen LogP contribution is 2.42. The first-order valence-corrected chi connectivity index (χ1v) is 25.2. The lowest BCUT2D eigenvalue weighted by molar-refractivity contribution is 0.478. The molecule has 2 aliphatic heterocycles. The molecule has 9 heterocycles. The molecule has 12 rings (SSSR count). The number of rotatable bonds is 11. The molecular formula is C58H61N13. The summed E-state index contributed by atoms with van der Waals surface area (Å²) in [6.45, 7) is 16.8. The predicted octanol–water partition coefficient (Wildman–Crippen LogP) is 12.3. The molecule has 1 saturated carbocycles. The minimum atomic E-state index is -0.0953. The largest absolute Gasteiger partial charge is 0.404 e. The molecule has 2 aromatic carbocycles. The first kappa shape index (κ1) is 44.3. The number of nitrogens with one attached hydrogen (secondary N) is 5. The van der Waals surface area contributed by atoms with Crippen molar-refractivity contribution in [1.29, 1.82) is 0 Å². The van der Waals surface area contributed by atoms with Crippen LogP contribution in [0.4, 0.5) is 11.6 Å². The number of hydrogen-bond donors (Lipinski definition) is 6. The fraction of sp³-hybridized carbons (Fsp3) is 0.293. The van der Waals surface area contributed by atoms with Crippen molar-refractivity contribution in [2.24, 2.45) is 11.1 Å². The topological polar surface area (TPSA) is 172 Å². The molecule has 71 heavy (non-hydrogen) atoms. The number of nitrogens with two attached hydrogens (primary N) is 1. The van der Waals surface area contributed by atoms with E-state index in [-0.39, 0.29) is 11.3 Å². The van der Waals surface area contributed by atoms with Crippen LogP contribution in [0.25, 0.3) is 83.1 Å². The molecule has 3 fully saturated rings. The van der Waals surface area contributed by atoms with Crippen LogP contribution in [0.1, 0.15) is 88.3 Å². The Morgan fingerprint density at radius 1 is 0.775 bits per heavy atom. The monoisotopic (exact) mass is 940 g/mol. The summed E-state index contributed by atoms with van der Waals surface area (Å²) >= 11 is 0. The summed E-state index contributed by atoms with van der Waals surface area (Å²) in [5, 5.41) is 24.7. The summed E-state index contributed by atoms with van der Waals surface area (Å²) in [6, 6.07) is 21.7. The zero-order valence-corrected chi connectivity index (χ0v) is 41.1. The quantitative estimate of drug-likeness (QED) is 0.0690. The highest BCUT2D eigenvalue weighted by atomic mass is 15.2. The summed E-state index contributed by atoms with van der Waals surface area (Å²) in [5.74, 6) is 2.21. The number of H-pyrrole nitrogens is 4. The third-order valence-electron chi connectivity index (χ3n) is 14.9. The molecule has 358 valence electrons. The molecule has 1 atom stereocenters. The van der Waals surface area contributed by atoms with E-state index in [2.05, 4.69) is 147 Å². The number of piperidine rings is 2. The molecule has 9 aromatic rings. The van der Waals surface area contributed by atoms with Gasteiger partial charge in [0.25, 0.3) is 0 Å². The highest BCUT2D eigenvalue weighted by Gasteiger charge is 2.29. The van der Waals surface area contributed by atoms with E-state index in [4.69, 9.17) is 25.9 Å². The molecule has 13 nitrogen and oxygen atoms in total. The Hall–Kier alpha value is -7.93. The van der Waals surface area contributed by atoms with Crippen molar-refractivity contribution in [2.75, 3.05) is 36.0 Å². The minimum absolute atomic E-state index is 0.0953. The molecule has 1 unspecified atom stereocenters. The van der Waals surface area contributed by atoms with Crippen LogP contribution in [0.15, 0.2) is 127 Å². The van der Waals surface area contributed by atoms with Crippen LogP contribution < -0.4 is 20.9 Å². The van der Waals surface area contributed by atoms with Crippen molar-refractivity contribution < 1.29 is 0 Å². The predicted molar refractivity (Wildman–Crippen MR) is 290 cm³/mol. The van der Waals surface area contributed by atoms with Crippen LogP contribution >= 0.6 is 0 Å². The van der Waals surface area contributed by atoms with E-state index in [1.807, 2.05) is 24.8 Å². The lowest BCUT2D eigenvalue weighted by atomic mass is 9.86. The second-order valence-electron chi connectivity index (χ2n) is 20.9. The van der Waals surface area contributed by atoms with E-state index >= 15 is 0 Å². The standard InChI is InChI=1S/C58H61N13/c1-34-15-18-60-32-47(34)39-27-42(53-46(28-39)55(69-67-53)52-29-44-48(65-52)16-19-61-56(44)70-21-7-6-8-22-70)38-10-9-23-71(33-38)57-45-30-51(64-49(45)17-20-62-57)54-43-26-37(13-14-50(43)66-68-54)40(31-59)25-41(24-36-11-12-36)63-35(2)58(3,4)5/h13-20,24-32,38,63-65H,2,6-12,21-23,33,59H2,1,3-5H3,(H,66,68)(H,67,69)/b40-31+,41-25+. The molecule has 0 radical (unpaired) electrons. The second kappa shape index (κ2) is 17.8. The van der Waals surface area contributed by atoms with E-state index in [1.54, 1.807) is 6.20 Å². The lowest BCUT2D eigenvalue weighted by Crippen LogP contribution is -2.35. The van der Waals surface area contributed by atoms with Gasteiger partial charge in [-0.15, -0.1) is 0 Å². The Kier molecular flexibility index (Phi) is 11.1. The van der Waals surface area contributed by atoms with Crippen LogP contribution in [-0.2, 0) is 0 Å². The minimum Gasteiger partial charge on any atom is -0.404 e. The van der Waals surface area contributed by atoms with Crippen molar-refractivity contribution >= 4 is 60.8 Å². The van der Waals surface area contributed by atoms with Gasteiger partial charge in [0.1, 0.15) is 17.3 Å². The third kappa shape index (κ3) is 8.42. The third-order valence-corrected chi connectivity index (χ3v) is 14.9. The SMILES string of the molecule is C=C(N/C(C=C1CC1)=C/C(=C\N)c1ccc2[nH]nc(-c3cc4c(N5CCCC(c6cc(-c7cnccc7C)cc7c(-c8cc9c(N%10CCCCC%10)nccc9[nH]8)[nH]nc67)C5)nccc4[nH]3)c2c1)C(C)(C)C.